The highest BCUT2D eigenvalue weighted by Crippen LogP contribution is 2.33. The Balaban J connectivity index is 2.19. The Morgan fingerprint density at radius 2 is 2.07 bits per heavy atom. The lowest BCUT2D eigenvalue weighted by Gasteiger charge is -2.01. The molecule has 0 bridgehead atoms. The second-order valence-electron chi connectivity index (χ2n) is 2.84. The van der Waals surface area contributed by atoms with Crippen LogP contribution >= 0.6 is 0 Å². The summed E-state index contributed by atoms with van der Waals surface area (Å²) in [5, 5.41) is 10.2. The van der Waals surface area contributed by atoms with Gasteiger partial charge in [-0.15, -0.1) is 5.10 Å². The first kappa shape index (κ1) is 7.25. The Labute approximate surface area is 79.4 Å². The first-order chi connectivity index (χ1) is 6.93. The van der Waals surface area contributed by atoms with Gasteiger partial charge in [-0.25, -0.2) is 0 Å². The molecule has 0 aliphatic carbocycles. The highest BCUT2D eigenvalue weighted by atomic mass is 16.5. The molecule has 1 aliphatic heterocycles. The number of aromatic amines is 1. The highest BCUT2D eigenvalue weighted by molar-refractivity contribution is 5.84. The van der Waals surface area contributed by atoms with E-state index in [1.807, 2.05) is 24.3 Å². The van der Waals surface area contributed by atoms with Gasteiger partial charge in [0.1, 0.15) is 5.69 Å². The number of H-pyrrole nitrogens is 1. The number of aromatic nitrogens is 3. The second kappa shape index (κ2) is 2.66. The van der Waals surface area contributed by atoms with Crippen LogP contribution in [0.2, 0.25) is 0 Å². The van der Waals surface area contributed by atoms with Crippen molar-refractivity contribution in [3.05, 3.63) is 30.0 Å². The van der Waals surface area contributed by atoms with Crippen LogP contribution in [0.3, 0.4) is 0 Å². The number of hydrogen-bond donors (Lipinski definition) is 1. The van der Waals surface area contributed by atoms with Crippen LogP contribution < -0.4 is 4.74 Å². The number of nitrogens with one attached hydrogen (secondary N) is 1. The Bertz CT molecular complexity index is 503. The zero-order valence-corrected chi connectivity index (χ0v) is 7.14. The van der Waals surface area contributed by atoms with E-state index in [1.165, 1.54) is 0 Å². The lowest BCUT2D eigenvalue weighted by atomic mass is 10.3. The number of fused-ring (bicyclic) bond motifs is 2. The average Bonchev–Trinajstić information content (AvgIpc) is 2.58. The van der Waals surface area contributed by atoms with Crippen LogP contribution in [0.1, 0.15) is 5.69 Å². The Morgan fingerprint density at radius 3 is 3.07 bits per heavy atom. The van der Waals surface area contributed by atoms with Gasteiger partial charge in [-0.05, 0) is 12.1 Å². The number of rotatable bonds is 0. The Kier molecular flexibility index (Phi) is 1.38. The monoisotopic (exact) mass is 186 g/mol. The molecule has 5 heteroatoms. The van der Waals surface area contributed by atoms with Gasteiger partial charge in [0.25, 0.3) is 5.88 Å². The molecular weight excluding hydrogens is 180 g/mol. The molecular formula is C9H6N4O. The molecule has 2 heterocycles. The number of benzene rings is 1. The van der Waals surface area contributed by atoms with E-state index in [1.54, 1.807) is 6.21 Å². The van der Waals surface area contributed by atoms with E-state index >= 15 is 0 Å². The quantitative estimate of drug-likeness (QED) is 0.580. The van der Waals surface area contributed by atoms with E-state index in [4.69, 9.17) is 4.74 Å². The minimum Gasteiger partial charge on any atom is -0.434 e. The van der Waals surface area contributed by atoms with Gasteiger partial charge in [0.15, 0.2) is 11.4 Å². The van der Waals surface area contributed by atoms with E-state index < -0.39 is 0 Å². The molecule has 1 aromatic heterocycles. The highest BCUT2D eigenvalue weighted by Gasteiger charge is 2.13. The fraction of sp³-hybridized carbons (Fsp3) is 0. The summed E-state index contributed by atoms with van der Waals surface area (Å²) in [5.41, 5.74) is 1.40. The molecule has 2 aromatic rings. The molecule has 0 spiro atoms. The normalized spacial score (nSPS) is 12.6. The predicted octanol–water partition coefficient (Wildman–Crippen LogP) is 1.66. The van der Waals surface area contributed by atoms with Crippen LogP contribution in [-0.4, -0.2) is 21.6 Å². The lowest BCUT2D eigenvalue weighted by molar-refractivity contribution is 0.463. The van der Waals surface area contributed by atoms with E-state index in [0.29, 0.717) is 17.3 Å². The molecule has 5 nitrogen and oxygen atoms in total. The summed E-state index contributed by atoms with van der Waals surface area (Å²) in [4.78, 5) is 4.23. The molecule has 1 N–H and O–H groups in total. The van der Waals surface area contributed by atoms with Crippen molar-refractivity contribution in [3.63, 3.8) is 0 Å². The summed E-state index contributed by atoms with van der Waals surface area (Å²) in [6, 6.07) is 7.51. The number of hydrogen-bond acceptors (Lipinski definition) is 4. The number of ether oxygens (including phenoxy) is 1. The molecule has 0 radical (unpaired) electrons. The maximum atomic E-state index is 5.51. The maximum Gasteiger partial charge on any atom is 0.267 e. The fourth-order valence-corrected chi connectivity index (χ4v) is 1.27. The van der Waals surface area contributed by atoms with E-state index in [0.717, 1.165) is 5.69 Å². The van der Waals surface area contributed by atoms with Crippen molar-refractivity contribution in [2.75, 3.05) is 0 Å². The van der Waals surface area contributed by atoms with Gasteiger partial charge >= 0.3 is 0 Å². The van der Waals surface area contributed by atoms with Crippen LogP contribution in [0.4, 0.5) is 5.69 Å². The summed E-state index contributed by atoms with van der Waals surface area (Å²) >= 11 is 0. The maximum absolute atomic E-state index is 5.51. The SMILES string of the molecule is C1=Nc2ccccc2Oc2n[nH]nc21. The molecule has 0 atom stereocenters. The van der Waals surface area contributed by atoms with E-state index in [2.05, 4.69) is 20.4 Å². The molecule has 14 heavy (non-hydrogen) atoms. The molecule has 1 aliphatic rings. The molecule has 0 saturated carbocycles. The summed E-state index contributed by atoms with van der Waals surface area (Å²) in [5.74, 6) is 1.15. The third-order valence-corrected chi connectivity index (χ3v) is 1.94. The first-order valence-corrected chi connectivity index (χ1v) is 4.15. The minimum atomic E-state index is 0.457. The summed E-state index contributed by atoms with van der Waals surface area (Å²) in [6.07, 6.45) is 1.63. The van der Waals surface area contributed by atoms with Gasteiger partial charge in [-0.3, -0.25) is 4.99 Å². The van der Waals surface area contributed by atoms with Crippen LogP contribution in [0.25, 0.3) is 0 Å². The van der Waals surface area contributed by atoms with Gasteiger partial charge in [0, 0.05) is 0 Å². The molecule has 0 unspecified atom stereocenters. The predicted molar refractivity (Wildman–Crippen MR) is 50.2 cm³/mol. The first-order valence-electron chi connectivity index (χ1n) is 4.15. The molecule has 0 amide bonds. The van der Waals surface area contributed by atoms with Gasteiger partial charge in [0.2, 0.25) is 0 Å². The van der Waals surface area contributed by atoms with Crippen molar-refractivity contribution in [1.82, 2.24) is 15.4 Å². The van der Waals surface area contributed by atoms with Crippen molar-refractivity contribution in [1.29, 1.82) is 0 Å². The van der Waals surface area contributed by atoms with Crippen molar-refractivity contribution in [2.24, 2.45) is 4.99 Å². The molecule has 1 aromatic carbocycles. The van der Waals surface area contributed by atoms with Crippen molar-refractivity contribution in [3.8, 4) is 11.6 Å². The molecule has 0 saturated heterocycles. The molecule has 3 rings (SSSR count). The molecule has 0 fully saturated rings. The number of nitrogens with zero attached hydrogens (tertiary/aromatic N) is 3. The van der Waals surface area contributed by atoms with Crippen LogP contribution in [0, 0.1) is 0 Å². The molecule has 68 valence electrons. The van der Waals surface area contributed by atoms with Gasteiger partial charge in [-0.1, -0.05) is 12.1 Å². The van der Waals surface area contributed by atoms with Crippen LogP contribution in [0.15, 0.2) is 29.3 Å². The summed E-state index contributed by atoms with van der Waals surface area (Å²) < 4.78 is 5.51. The largest absolute Gasteiger partial charge is 0.434 e. The van der Waals surface area contributed by atoms with E-state index in [9.17, 15) is 0 Å². The van der Waals surface area contributed by atoms with Gasteiger partial charge < -0.3 is 4.74 Å². The van der Waals surface area contributed by atoms with Crippen molar-refractivity contribution in [2.45, 2.75) is 0 Å². The van der Waals surface area contributed by atoms with Gasteiger partial charge in [0.05, 0.1) is 6.21 Å². The van der Waals surface area contributed by atoms with Crippen LogP contribution in [-0.2, 0) is 0 Å². The van der Waals surface area contributed by atoms with Crippen molar-refractivity contribution >= 4 is 11.9 Å². The third-order valence-electron chi connectivity index (χ3n) is 1.94. The number of para-hydroxylation sites is 2. The van der Waals surface area contributed by atoms with Gasteiger partial charge in [-0.2, -0.15) is 10.3 Å². The standard InChI is InChI=1S/C9H6N4O/c1-2-4-8-6(3-1)10-5-7-9(14-8)12-13-11-7/h1-5H,(H,11,12,13). The summed E-state index contributed by atoms with van der Waals surface area (Å²) in [6.45, 7) is 0. The van der Waals surface area contributed by atoms with Crippen molar-refractivity contribution < 1.29 is 4.74 Å². The fourth-order valence-electron chi connectivity index (χ4n) is 1.27. The third kappa shape index (κ3) is 0.990. The zero-order valence-electron chi connectivity index (χ0n) is 7.14. The summed E-state index contributed by atoms with van der Waals surface area (Å²) in [7, 11) is 0. The minimum absolute atomic E-state index is 0.457. The zero-order chi connectivity index (χ0) is 9.38. The average molecular weight is 186 g/mol. The second-order valence-corrected chi connectivity index (χ2v) is 2.84. The number of aliphatic imine (C=N–C) groups is 1. The van der Waals surface area contributed by atoms with E-state index in [-0.39, 0.29) is 0 Å². The lowest BCUT2D eigenvalue weighted by Crippen LogP contribution is -1.85. The Hall–Kier alpha value is -2.17. The topological polar surface area (TPSA) is 63.2 Å². The smallest absolute Gasteiger partial charge is 0.267 e. The Morgan fingerprint density at radius 1 is 1.14 bits per heavy atom. The van der Waals surface area contributed by atoms with Crippen LogP contribution in [0.5, 0.6) is 11.6 Å².